The maximum atomic E-state index is 13.1. The monoisotopic (exact) mass is 351 g/mol. The first kappa shape index (κ1) is 18.1. The summed E-state index contributed by atoms with van der Waals surface area (Å²) in [7, 11) is 3.14. The summed E-state index contributed by atoms with van der Waals surface area (Å²) in [5, 5.41) is 2.71. The fourth-order valence-electron chi connectivity index (χ4n) is 2.29. The molecule has 0 saturated carbocycles. The smallest absolute Gasteiger partial charge is 0.227 e. The van der Waals surface area contributed by atoms with Crippen molar-refractivity contribution in [2.45, 2.75) is 13.3 Å². The lowest BCUT2D eigenvalue weighted by atomic mass is 10.00. The van der Waals surface area contributed by atoms with Crippen LogP contribution in [0.15, 0.2) is 36.4 Å². The number of nitrogens with one attached hydrogen (secondary N) is 1. The van der Waals surface area contributed by atoms with Gasteiger partial charge in [-0.15, -0.1) is 0 Å². The van der Waals surface area contributed by atoms with E-state index in [1.165, 1.54) is 18.2 Å². The molecule has 1 amide bonds. The van der Waals surface area contributed by atoms with Crippen LogP contribution in [0.1, 0.15) is 12.5 Å². The van der Waals surface area contributed by atoms with E-state index in [1.807, 2.05) is 19.1 Å². The first-order chi connectivity index (χ1) is 11.4. The maximum Gasteiger partial charge on any atom is 0.227 e. The Hall–Kier alpha value is -2.27. The number of benzene rings is 2. The standard InChI is InChI=1S/C18H19ClFNO3/c1-11(8-12-4-7-16(23-2)17(9-12)24-3)18(22)21-13-5-6-15(20)14(19)10-13/h4-7,9-11H,8H2,1-3H3,(H,21,22). The number of carbonyl (C=O) groups excluding carboxylic acids is 1. The molecular formula is C18H19ClFNO3. The molecule has 2 rings (SSSR count). The lowest BCUT2D eigenvalue weighted by Crippen LogP contribution is -2.22. The zero-order chi connectivity index (χ0) is 17.7. The minimum absolute atomic E-state index is 0.0275. The first-order valence-electron chi connectivity index (χ1n) is 7.41. The Kier molecular flexibility index (Phi) is 6.04. The SMILES string of the molecule is COc1ccc(CC(C)C(=O)Nc2ccc(F)c(Cl)c2)cc1OC. The molecule has 0 bridgehead atoms. The predicted molar refractivity (Wildman–Crippen MR) is 92.5 cm³/mol. The van der Waals surface area contributed by atoms with Crippen molar-refractivity contribution in [1.82, 2.24) is 0 Å². The third-order valence-electron chi connectivity index (χ3n) is 3.62. The molecule has 0 aliphatic rings. The zero-order valence-corrected chi connectivity index (χ0v) is 14.5. The summed E-state index contributed by atoms with van der Waals surface area (Å²) in [6.07, 6.45) is 0.529. The summed E-state index contributed by atoms with van der Waals surface area (Å²) >= 11 is 5.72. The van der Waals surface area contributed by atoms with E-state index in [4.69, 9.17) is 21.1 Å². The molecule has 0 heterocycles. The molecule has 1 N–H and O–H groups in total. The Balaban J connectivity index is 2.04. The summed E-state index contributed by atoms with van der Waals surface area (Å²) in [5.41, 5.74) is 1.41. The summed E-state index contributed by atoms with van der Waals surface area (Å²) < 4.78 is 23.6. The van der Waals surface area contributed by atoms with Crippen molar-refractivity contribution in [3.8, 4) is 11.5 Å². The van der Waals surface area contributed by atoms with Gasteiger partial charge in [0, 0.05) is 11.6 Å². The highest BCUT2D eigenvalue weighted by Crippen LogP contribution is 2.28. The van der Waals surface area contributed by atoms with Crippen molar-refractivity contribution in [2.24, 2.45) is 5.92 Å². The summed E-state index contributed by atoms with van der Waals surface area (Å²) in [5.74, 6) is 0.277. The van der Waals surface area contributed by atoms with E-state index in [2.05, 4.69) is 5.32 Å². The van der Waals surface area contributed by atoms with Crippen molar-refractivity contribution in [3.63, 3.8) is 0 Å². The summed E-state index contributed by atoms with van der Waals surface area (Å²) in [6, 6.07) is 9.62. The largest absolute Gasteiger partial charge is 0.493 e. The van der Waals surface area contributed by atoms with Gasteiger partial charge in [-0.05, 0) is 42.3 Å². The zero-order valence-electron chi connectivity index (χ0n) is 13.7. The van der Waals surface area contributed by atoms with Crippen molar-refractivity contribution < 1.29 is 18.7 Å². The fourth-order valence-corrected chi connectivity index (χ4v) is 2.47. The van der Waals surface area contributed by atoms with E-state index in [9.17, 15) is 9.18 Å². The predicted octanol–water partition coefficient (Wildman–Crippen LogP) is 4.31. The Morgan fingerprint density at radius 2 is 1.88 bits per heavy atom. The van der Waals surface area contributed by atoms with E-state index in [1.54, 1.807) is 20.3 Å². The average Bonchev–Trinajstić information content (AvgIpc) is 2.57. The molecule has 1 unspecified atom stereocenters. The number of rotatable bonds is 6. The number of anilines is 1. The molecular weight excluding hydrogens is 333 g/mol. The number of carbonyl (C=O) groups is 1. The van der Waals surface area contributed by atoms with Crippen LogP contribution >= 0.6 is 11.6 Å². The van der Waals surface area contributed by atoms with Gasteiger partial charge in [0.15, 0.2) is 11.5 Å². The Labute approximate surface area is 145 Å². The second-order valence-corrected chi connectivity index (χ2v) is 5.82. The van der Waals surface area contributed by atoms with Crippen LogP contribution in [0.2, 0.25) is 5.02 Å². The van der Waals surface area contributed by atoms with Crippen LogP contribution in [0.5, 0.6) is 11.5 Å². The van der Waals surface area contributed by atoms with Crippen molar-refractivity contribution in [1.29, 1.82) is 0 Å². The van der Waals surface area contributed by atoms with Crippen LogP contribution in [-0.2, 0) is 11.2 Å². The number of methoxy groups -OCH3 is 2. The summed E-state index contributed by atoms with van der Waals surface area (Å²) in [4.78, 5) is 12.3. The van der Waals surface area contributed by atoms with Crippen LogP contribution in [0.4, 0.5) is 10.1 Å². The Morgan fingerprint density at radius 1 is 1.17 bits per heavy atom. The van der Waals surface area contributed by atoms with E-state index in [-0.39, 0.29) is 16.8 Å². The van der Waals surface area contributed by atoms with E-state index >= 15 is 0 Å². The molecule has 128 valence electrons. The van der Waals surface area contributed by atoms with Crippen molar-refractivity contribution in [2.75, 3.05) is 19.5 Å². The lowest BCUT2D eigenvalue weighted by molar-refractivity contribution is -0.119. The normalized spacial score (nSPS) is 11.7. The van der Waals surface area contributed by atoms with Gasteiger partial charge in [-0.25, -0.2) is 4.39 Å². The molecule has 0 aliphatic carbocycles. The molecule has 0 spiro atoms. The van der Waals surface area contributed by atoms with Gasteiger partial charge in [0.05, 0.1) is 19.2 Å². The molecule has 4 nitrogen and oxygen atoms in total. The topological polar surface area (TPSA) is 47.6 Å². The van der Waals surface area contributed by atoms with E-state index in [0.29, 0.717) is 23.6 Å². The van der Waals surface area contributed by atoms with E-state index < -0.39 is 5.82 Å². The molecule has 24 heavy (non-hydrogen) atoms. The number of amides is 1. The molecule has 6 heteroatoms. The van der Waals surface area contributed by atoms with Gasteiger partial charge in [0.1, 0.15) is 5.82 Å². The third-order valence-corrected chi connectivity index (χ3v) is 3.91. The quantitative estimate of drug-likeness (QED) is 0.843. The number of hydrogen-bond acceptors (Lipinski definition) is 3. The number of ether oxygens (including phenoxy) is 2. The molecule has 0 aliphatic heterocycles. The molecule has 0 radical (unpaired) electrons. The minimum Gasteiger partial charge on any atom is -0.493 e. The number of halogens is 2. The molecule has 0 fully saturated rings. The molecule has 2 aromatic rings. The highest BCUT2D eigenvalue weighted by atomic mass is 35.5. The van der Waals surface area contributed by atoms with Gasteiger partial charge in [-0.3, -0.25) is 4.79 Å². The Morgan fingerprint density at radius 3 is 2.50 bits per heavy atom. The highest BCUT2D eigenvalue weighted by Gasteiger charge is 2.16. The second kappa shape index (κ2) is 8.02. The molecule has 0 aromatic heterocycles. The van der Waals surface area contributed by atoms with Gasteiger partial charge >= 0.3 is 0 Å². The van der Waals surface area contributed by atoms with Crippen LogP contribution in [0, 0.1) is 11.7 Å². The first-order valence-corrected chi connectivity index (χ1v) is 7.79. The van der Waals surface area contributed by atoms with Crippen molar-refractivity contribution >= 4 is 23.2 Å². The number of hydrogen-bond donors (Lipinski definition) is 1. The maximum absolute atomic E-state index is 13.1. The molecule has 1 atom stereocenters. The Bertz CT molecular complexity index is 736. The molecule has 0 saturated heterocycles. The van der Waals surface area contributed by atoms with E-state index in [0.717, 1.165) is 5.56 Å². The average molecular weight is 352 g/mol. The van der Waals surface area contributed by atoms with Gasteiger partial charge in [-0.2, -0.15) is 0 Å². The van der Waals surface area contributed by atoms with Gasteiger partial charge in [-0.1, -0.05) is 24.6 Å². The fraction of sp³-hybridized carbons (Fsp3) is 0.278. The van der Waals surface area contributed by atoms with Gasteiger partial charge in [0.25, 0.3) is 0 Å². The summed E-state index contributed by atoms with van der Waals surface area (Å²) in [6.45, 7) is 1.82. The second-order valence-electron chi connectivity index (χ2n) is 5.41. The highest BCUT2D eigenvalue weighted by molar-refractivity contribution is 6.31. The minimum atomic E-state index is -0.520. The van der Waals surface area contributed by atoms with Crippen LogP contribution in [-0.4, -0.2) is 20.1 Å². The third kappa shape index (κ3) is 4.38. The molecule has 2 aromatic carbocycles. The van der Waals surface area contributed by atoms with Gasteiger partial charge < -0.3 is 14.8 Å². The van der Waals surface area contributed by atoms with Gasteiger partial charge in [0.2, 0.25) is 5.91 Å². The van der Waals surface area contributed by atoms with Crippen LogP contribution < -0.4 is 14.8 Å². The van der Waals surface area contributed by atoms with Crippen molar-refractivity contribution in [3.05, 3.63) is 52.8 Å². The van der Waals surface area contributed by atoms with Crippen LogP contribution in [0.3, 0.4) is 0 Å². The van der Waals surface area contributed by atoms with Crippen LogP contribution in [0.25, 0.3) is 0 Å². The lowest BCUT2D eigenvalue weighted by Gasteiger charge is -2.14.